The Labute approximate surface area is 250 Å². The molecule has 9 nitrogen and oxygen atoms in total. The van der Waals surface area contributed by atoms with Gasteiger partial charge >= 0.3 is 6.18 Å². The molecule has 1 saturated heterocycles. The minimum atomic E-state index is -4.69. The van der Waals surface area contributed by atoms with Gasteiger partial charge in [-0.3, -0.25) is 19.3 Å². The lowest BCUT2D eigenvalue weighted by Crippen LogP contribution is -2.55. The van der Waals surface area contributed by atoms with E-state index < -0.39 is 53.3 Å². The molecular formula is C31H28F4N6O3. The third-order valence-corrected chi connectivity index (χ3v) is 8.39. The van der Waals surface area contributed by atoms with E-state index in [0.717, 1.165) is 25.0 Å². The Kier molecular flexibility index (Phi) is 7.39. The fourth-order valence-electron chi connectivity index (χ4n) is 6.13. The third-order valence-electron chi connectivity index (χ3n) is 8.39. The van der Waals surface area contributed by atoms with E-state index >= 15 is 0 Å². The Balaban J connectivity index is 1.51. The zero-order chi connectivity index (χ0) is 31.3. The molecule has 1 N–H and O–H groups in total. The van der Waals surface area contributed by atoms with E-state index in [1.807, 2.05) is 0 Å². The number of likely N-dealkylation sites (tertiary alicyclic amines) is 1. The van der Waals surface area contributed by atoms with Crippen LogP contribution in [-0.4, -0.2) is 57.6 Å². The summed E-state index contributed by atoms with van der Waals surface area (Å²) in [6.07, 6.45) is -2.01. The van der Waals surface area contributed by atoms with Crippen molar-refractivity contribution in [2.45, 2.75) is 62.8 Å². The number of anilines is 1. The van der Waals surface area contributed by atoms with Crippen LogP contribution in [-0.2, 0) is 11.0 Å². The van der Waals surface area contributed by atoms with Crippen LogP contribution in [0.3, 0.4) is 0 Å². The quantitative estimate of drug-likeness (QED) is 0.404. The molecule has 0 radical (unpaired) electrons. The molecule has 2 aliphatic heterocycles. The van der Waals surface area contributed by atoms with Gasteiger partial charge in [0.05, 0.1) is 17.7 Å². The maximum Gasteiger partial charge on any atom is 0.416 e. The summed E-state index contributed by atoms with van der Waals surface area (Å²) < 4.78 is 56.0. The van der Waals surface area contributed by atoms with E-state index in [0.29, 0.717) is 42.4 Å². The van der Waals surface area contributed by atoms with E-state index in [1.54, 1.807) is 11.6 Å². The van der Waals surface area contributed by atoms with Crippen LogP contribution in [0.2, 0.25) is 0 Å². The molecule has 44 heavy (non-hydrogen) atoms. The minimum Gasteiger partial charge on any atom is -0.339 e. The molecule has 3 amide bonds. The Morgan fingerprint density at radius 3 is 2.48 bits per heavy atom. The van der Waals surface area contributed by atoms with Gasteiger partial charge < -0.3 is 10.2 Å². The van der Waals surface area contributed by atoms with E-state index in [2.05, 4.69) is 11.4 Å². The Morgan fingerprint density at radius 2 is 1.84 bits per heavy atom. The molecule has 2 fully saturated rings. The highest BCUT2D eigenvalue weighted by Gasteiger charge is 2.49. The van der Waals surface area contributed by atoms with Crippen LogP contribution in [0.4, 0.5) is 23.4 Å². The van der Waals surface area contributed by atoms with E-state index in [9.17, 15) is 37.2 Å². The number of hydrogen-bond donors (Lipinski definition) is 1. The summed E-state index contributed by atoms with van der Waals surface area (Å²) in [5, 5.41) is 17.0. The van der Waals surface area contributed by atoms with Crippen LogP contribution >= 0.6 is 0 Å². The molecule has 1 aliphatic carbocycles. The van der Waals surface area contributed by atoms with Crippen molar-refractivity contribution in [2.75, 3.05) is 18.0 Å². The summed E-state index contributed by atoms with van der Waals surface area (Å²) in [6, 6.07) is 9.19. The second-order valence-electron chi connectivity index (χ2n) is 11.2. The maximum absolute atomic E-state index is 14.2. The monoisotopic (exact) mass is 608 g/mol. The number of aromatic nitrogens is 2. The normalized spacial score (nSPS) is 21.6. The zero-order valence-electron chi connectivity index (χ0n) is 23.6. The molecule has 1 aromatic heterocycles. The standard InChI is InChI=1S/C31H28F4N6O3/c1-2-39-28-24(26(38-41(28)21-12-13-21)30(44)40-14-4-7-22(40)16-36)23(17-8-10-20(32)11-9-17)25(29(39)43)37-27(42)18-5-3-6-19(15-18)31(33,34)35/h3,5-6,8-11,15,21-23,25H,2,4,7,12-14H2,1H3,(H,37,42)/t22-,23-,25-/m0/s1. The van der Waals surface area contributed by atoms with Crippen LogP contribution in [0, 0.1) is 17.1 Å². The number of nitriles is 1. The molecule has 3 aromatic rings. The van der Waals surface area contributed by atoms with E-state index in [1.165, 1.54) is 40.1 Å². The number of carbonyl (C=O) groups is 3. The summed E-state index contributed by atoms with van der Waals surface area (Å²) in [5.41, 5.74) is -0.573. The minimum absolute atomic E-state index is 0.0210. The number of carbonyl (C=O) groups excluding carboxylic acids is 3. The fraction of sp³-hybridized carbons (Fsp3) is 0.387. The first-order valence-electron chi connectivity index (χ1n) is 14.4. The molecule has 1 saturated carbocycles. The first kappa shape index (κ1) is 29.3. The number of amides is 3. The summed E-state index contributed by atoms with van der Waals surface area (Å²) in [4.78, 5) is 44.6. The van der Waals surface area contributed by atoms with Crippen molar-refractivity contribution in [3.8, 4) is 6.07 Å². The fourth-order valence-corrected chi connectivity index (χ4v) is 6.13. The van der Waals surface area contributed by atoms with Crippen LogP contribution in [0.5, 0.6) is 0 Å². The summed E-state index contributed by atoms with van der Waals surface area (Å²) >= 11 is 0. The highest BCUT2D eigenvalue weighted by Crippen LogP contribution is 2.48. The molecule has 0 bridgehead atoms. The lowest BCUT2D eigenvalue weighted by Gasteiger charge is -2.38. The summed E-state index contributed by atoms with van der Waals surface area (Å²) in [6.45, 7) is 2.22. The number of nitrogens with one attached hydrogen (secondary N) is 1. The molecule has 3 atom stereocenters. The average Bonchev–Trinajstić information content (AvgIpc) is 3.61. The summed E-state index contributed by atoms with van der Waals surface area (Å²) in [5.74, 6) is -3.17. The van der Waals surface area contributed by atoms with Crippen molar-refractivity contribution >= 4 is 23.5 Å². The van der Waals surface area contributed by atoms with Crippen molar-refractivity contribution in [3.63, 3.8) is 0 Å². The van der Waals surface area contributed by atoms with E-state index in [-0.39, 0.29) is 23.8 Å². The average molecular weight is 609 g/mol. The Hall–Kier alpha value is -4.73. The number of nitrogens with zero attached hydrogens (tertiary/aromatic N) is 5. The molecule has 13 heteroatoms. The predicted octanol–water partition coefficient (Wildman–Crippen LogP) is 4.80. The maximum atomic E-state index is 14.2. The number of hydrogen-bond acceptors (Lipinski definition) is 5. The predicted molar refractivity (Wildman–Crippen MR) is 149 cm³/mol. The Bertz CT molecular complexity index is 1670. The Morgan fingerprint density at radius 1 is 1.11 bits per heavy atom. The molecular weight excluding hydrogens is 580 g/mol. The number of likely N-dealkylation sites (N-methyl/N-ethyl adjacent to an activating group) is 1. The third kappa shape index (κ3) is 5.08. The topological polar surface area (TPSA) is 111 Å². The van der Waals surface area contributed by atoms with Gasteiger partial charge in [-0.05, 0) is 68.5 Å². The van der Waals surface area contributed by atoms with Crippen molar-refractivity contribution < 1.29 is 31.9 Å². The van der Waals surface area contributed by atoms with Gasteiger partial charge in [-0.15, -0.1) is 0 Å². The van der Waals surface area contributed by atoms with Crippen LogP contribution in [0.25, 0.3) is 0 Å². The van der Waals surface area contributed by atoms with Gasteiger partial charge in [-0.25, -0.2) is 9.07 Å². The van der Waals surface area contributed by atoms with Crippen LogP contribution in [0.15, 0.2) is 48.5 Å². The summed E-state index contributed by atoms with van der Waals surface area (Å²) in [7, 11) is 0. The highest BCUT2D eigenvalue weighted by atomic mass is 19.4. The lowest BCUT2D eigenvalue weighted by molar-refractivity contribution is -0.137. The first-order valence-corrected chi connectivity index (χ1v) is 14.4. The van der Waals surface area contributed by atoms with Crippen molar-refractivity contribution in [2.24, 2.45) is 0 Å². The smallest absolute Gasteiger partial charge is 0.339 e. The van der Waals surface area contributed by atoms with Gasteiger partial charge in [0, 0.05) is 30.1 Å². The second kappa shape index (κ2) is 11.1. The zero-order valence-corrected chi connectivity index (χ0v) is 23.6. The molecule has 6 rings (SSSR count). The van der Waals surface area contributed by atoms with E-state index in [4.69, 9.17) is 5.10 Å². The van der Waals surface area contributed by atoms with Crippen LogP contribution in [0.1, 0.15) is 82.1 Å². The SMILES string of the molecule is CCN1C(=O)[C@@H](NC(=O)c2cccc(C(F)(F)F)c2)[C@@H](c2ccc(F)cc2)c2c(C(=O)N3CCC[C@H]3C#N)nn(C3CC3)c21. The van der Waals surface area contributed by atoms with Gasteiger partial charge in [0.25, 0.3) is 17.7 Å². The van der Waals surface area contributed by atoms with Gasteiger partial charge in [0.15, 0.2) is 5.69 Å². The molecule has 2 aromatic carbocycles. The number of halogens is 4. The molecule has 0 spiro atoms. The number of fused-ring (bicyclic) bond motifs is 1. The molecule has 3 heterocycles. The number of rotatable bonds is 6. The second-order valence-corrected chi connectivity index (χ2v) is 11.2. The van der Waals surface area contributed by atoms with Gasteiger partial charge in [-0.2, -0.15) is 23.5 Å². The van der Waals surface area contributed by atoms with Crippen molar-refractivity contribution in [3.05, 3.63) is 82.3 Å². The van der Waals surface area contributed by atoms with Gasteiger partial charge in [-0.1, -0.05) is 18.2 Å². The lowest BCUT2D eigenvalue weighted by atomic mass is 9.80. The molecule has 0 unspecified atom stereocenters. The molecule has 3 aliphatic rings. The van der Waals surface area contributed by atoms with Crippen molar-refractivity contribution in [1.29, 1.82) is 5.26 Å². The van der Waals surface area contributed by atoms with Gasteiger partial charge in [0.1, 0.15) is 23.7 Å². The van der Waals surface area contributed by atoms with Crippen LogP contribution < -0.4 is 10.2 Å². The van der Waals surface area contributed by atoms with Crippen molar-refractivity contribution in [1.82, 2.24) is 20.0 Å². The number of benzene rings is 2. The number of alkyl halides is 3. The molecule has 228 valence electrons. The first-order chi connectivity index (χ1) is 21.0. The largest absolute Gasteiger partial charge is 0.416 e. The van der Waals surface area contributed by atoms with Gasteiger partial charge in [0.2, 0.25) is 0 Å². The highest BCUT2D eigenvalue weighted by molar-refractivity contribution is 6.07.